The van der Waals surface area contributed by atoms with Gasteiger partial charge in [0.1, 0.15) is 5.82 Å². The summed E-state index contributed by atoms with van der Waals surface area (Å²) in [6, 6.07) is 0.888. The van der Waals surface area contributed by atoms with Crippen molar-refractivity contribution in [2.24, 2.45) is 11.3 Å². The average molecular weight is 431 g/mol. The third kappa shape index (κ3) is 2.91. The van der Waals surface area contributed by atoms with Gasteiger partial charge in [-0.3, -0.25) is 9.36 Å². The molecule has 4 N–H and O–H groups in total. The molecule has 2 heterocycles. The van der Waals surface area contributed by atoms with E-state index in [0.717, 1.165) is 25.7 Å². The fraction of sp³-hybridized carbons (Fsp3) is 0.571. The molecule has 2 aliphatic carbocycles. The monoisotopic (exact) mass is 431 g/mol. The third-order valence-corrected chi connectivity index (χ3v) is 7.35. The molecule has 5 rings (SSSR count). The Hall–Kier alpha value is -3.04. The molecule has 1 saturated heterocycles. The summed E-state index contributed by atoms with van der Waals surface area (Å²) in [4.78, 5) is 38.5. The topological polar surface area (TPSA) is 123 Å². The SMILES string of the molecule is Cc1c(N2CC(C(C)NC(=O)O)C3(CC3)C2)c(F)cc2c(=O)n(N)c(=O)n(C3CC3)c12. The lowest BCUT2D eigenvalue weighted by Crippen LogP contribution is -2.44. The van der Waals surface area contributed by atoms with Gasteiger partial charge in [0.2, 0.25) is 0 Å². The number of fused-ring (bicyclic) bond motifs is 1. The van der Waals surface area contributed by atoms with Gasteiger partial charge < -0.3 is 21.2 Å². The van der Waals surface area contributed by atoms with E-state index in [1.807, 2.05) is 11.8 Å². The number of rotatable bonds is 4. The van der Waals surface area contributed by atoms with Crippen molar-refractivity contribution in [3.05, 3.63) is 38.3 Å². The van der Waals surface area contributed by atoms with E-state index in [0.29, 0.717) is 34.5 Å². The number of carbonyl (C=O) groups is 1. The van der Waals surface area contributed by atoms with Crippen LogP contribution < -0.4 is 27.3 Å². The highest BCUT2D eigenvalue weighted by atomic mass is 19.1. The van der Waals surface area contributed by atoms with Gasteiger partial charge in [-0.1, -0.05) is 0 Å². The number of nitrogens with zero attached hydrogens (tertiary/aromatic N) is 3. The summed E-state index contributed by atoms with van der Waals surface area (Å²) in [5.41, 5.74) is 0.0481. The fourth-order valence-corrected chi connectivity index (χ4v) is 5.55. The molecular formula is C21H26FN5O4. The van der Waals surface area contributed by atoms with Crippen molar-refractivity contribution in [1.29, 1.82) is 0 Å². The number of carboxylic acid groups (broad SMARTS) is 1. The molecule has 1 aromatic heterocycles. The first kappa shape index (κ1) is 19.9. The number of aryl methyl sites for hydroxylation is 1. The average Bonchev–Trinajstić information content (AvgIpc) is 3.60. The van der Waals surface area contributed by atoms with Crippen molar-refractivity contribution in [2.75, 3.05) is 23.8 Å². The number of nitrogens with one attached hydrogen (secondary N) is 1. The van der Waals surface area contributed by atoms with E-state index >= 15 is 4.39 Å². The van der Waals surface area contributed by atoms with Crippen LogP contribution in [0.2, 0.25) is 0 Å². The minimum atomic E-state index is -1.07. The number of nitrogen functional groups attached to an aromatic ring is 1. The zero-order chi connectivity index (χ0) is 22.2. The molecule has 166 valence electrons. The smallest absolute Gasteiger partial charge is 0.404 e. The lowest BCUT2D eigenvalue weighted by Gasteiger charge is -2.25. The van der Waals surface area contributed by atoms with Crippen LogP contribution in [0.1, 0.15) is 44.2 Å². The summed E-state index contributed by atoms with van der Waals surface area (Å²) in [5.74, 6) is 5.22. The van der Waals surface area contributed by atoms with Crippen LogP contribution in [0.15, 0.2) is 15.7 Å². The quantitative estimate of drug-likeness (QED) is 0.631. The van der Waals surface area contributed by atoms with Crippen LogP contribution in [0.4, 0.5) is 14.9 Å². The molecule has 1 spiro atoms. The van der Waals surface area contributed by atoms with Gasteiger partial charge in [0.25, 0.3) is 5.56 Å². The fourth-order valence-electron chi connectivity index (χ4n) is 5.55. The van der Waals surface area contributed by atoms with E-state index in [4.69, 9.17) is 10.9 Å². The van der Waals surface area contributed by atoms with Gasteiger partial charge in [-0.25, -0.2) is 14.0 Å². The molecule has 2 atom stereocenters. The van der Waals surface area contributed by atoms with Crippen molar-refractivity contribution >= 4 is 22.7 Å². The molecule has 1 amide bonds. The van der Waals surface area contributed by atoms with Gasteiger partial charge in [-0.15, -0.1) is 0 Å². The summed E-state index contributed by atoms with van der Waals surface area (Å²) in [6.07, 6.45) is 2.50. The van der Waals surface area contributed by atoms with Crippen LogP contribution in [0.5, 0.6) is 0 Å². The number of hydrogen-bond acceptors (Lipinski definition) is 5. The Balaban J connectivity index is 1.64. The Bertz CT molecular complexity index is 1230. The summed E-state index contributed by atoms with van der Waals surface area (Å²) in [5, 5.41) is 11.8. The molecule has 3 fully saturated rings. The Morgan fingerprint density at radius 1 is 1.35 bits per heavy atom. The van der Waals surface area contributed by atoms with Crippen LogP contribution >= 0.6 is 0 Å². The summed E-state index contributed by atoms with van der Waals surface area (Å²) in [7, 11) is 0. The molecule has 9 nitrogen and oxygen atoms in total. The Labute approximate surface area is 177 Å². The predicted molar refractivity (Wildman–Crippen MR) is 114 cm³/mol. The molecule has 2 unspecified atom stereocenters. The van der Waals surface area contributed by atoms with Crippen LogP contribution in [0.25, 0.3) is 10.9 Å². The highest BCUT2D eigenvalue weighted by Gasteiger charge is 2.57. The second-order valence-corrected chi connectivity index (χ2v) is 9.37. The second-order valence-electron chi connectivity index (χ2n) is 9.37. The van der Waals surface area contributed by atoms with Crippen LogP contribution in [0, 0.1) is 24.1 Å². The number of nitrogens with two attached hydrogens (primary N) is 1. The van der Waals surface area contributed by atoms with Crippen molar-refractivity contribution in [2.45, 2.75) is 51.6 Å². The Morgan fingerprint density at radius 3 is 2.61 bits per heavy atom. The van der Waals surface area contributed by atoms with Gasteiger partial charge in [0.15, 0.2) is 0 Å². The van der Waals surface area contributed by atoms with E-state index in [1.165, 1.54) is 10.6 Å². The molecule has 2 aromatic rings. The normalized spacial score (nSPS) is 22.8. The summed E-state index contributed by atoms with van der Waals surface area (Å²) in [6.45, 7) is 4.71. The van der Waals surface area contributed by atoms with Crippen molar-refractivity contribution in [1.82, 2.24) is 14.6 Å². The van der Waals surface area contributed by atoms with Crippen LogP contribution in [-0.2, 0) is 0 Å². The minimum absolute atomic E-state index is 0.0352. The molecule has 1 aliphatic heterocycles. The molecule has 31 heavy (non-hydrogen) atoms. The lowest BCUT2D eigenvalue weighted by atomic mass is 9.87. The molecule has 2 saturated carbocycles. The van der Waals surface area contributed by atoms with Crippen LogP contribution in [-0.4, -0.2) is 39.6 Å². The van der Waals surface area contributed by atoms with Crippen molar-refractivity contribution < 1.29 is 14.3 Å². The van der Waals surface area contributed by atoms with Gasteiger partial charge in [-0.2, -0.15) is 4.68 Å². The summed E-state index contributed by atoms with van der Waals surface area (Å²) >= 11 is 0. The molecule has 0 radical (unpaired) electrons. The van der Waals surface area contributed by atoms with Gasteiger partial charge in [-0.05, 0) is 51.0 Å². The maximum Gasteiger partial charge on any atom is 0.404 e. The lowest BCUT2D eigenvalue weighted by molar-refractivity contribution is 0.182. The summed E-state index contributed by atoms with van der Waals surface area (Å²) < 4.78 is 17.5. The first-order valence-corrected chi connectivity index (χ1v) is 10.6. The molecule has 0 bridgehead atoms. The van der Waals surface area contributed by atoms with Gasteiger partial charge >= 0.3 is 11.8 Å². The Morgan fingerprint density at radius 2 is 2.03 bits per heavy atom. The number of halogens is 1. The van der Waals surface area contributed by atoms with E-state index in [1.54, 1.807) is 6.92 Å². The largest absolute Gasteiger partial charge is 0.465 e. The molecule has 3 aliphatic rings. The molecule has 1 aromatic carbocycles. The number of aromatic nitrogens is 2. The van der Waals surface area contributed by atoms with Gasteiger partial charge in [0.05, 0.1) is 16.6 Å². The maximum absolute atomic E-state index is 15.4. The number of benzene rings is 1. The third-order valence-electron chi connectivity index (χ3n) is 7.35. The minimum Gasteiger partial charge on any atom is -0.465 e. The zero-order valence-corrected chi connectivity index (χ0v) is 17.5. The molecule has 10 heteroatoms. The number of amides is 1. The number of hydrogen-bond donors (Lipinski definition) is 3. The van der Waals surface area contributed by atoms with Crippen molar-refractivity contribution in [3.8, 4) is 0 Å². The predicted octanol–water partition coefficient (Wildman–Crippen LogP) is 1.53. The zero-order valence-electron chi connectivity index (χ0n) is 17.5. The second kappa shape index (κ2) is 6.48. The highest BCUT2D eigenvalue weighted by Crippen LogP contribution is 2.58. The Kier molecular flexibility index (Phi) is 4.16. The highest BCUT2D eigenvalue weighted by molar-refractivity contribution is 5.87. The van der Waals surface area contributed by atoms with Gasteiger partial charge in [0, 0.05) is 36.7 Å². The van der Waals surface area contributed by atoms with E-state index in [-0.39, 0.29) is 28.8 Å². The number of anilines is 1. The van der Waals surface area contributed by atoms with E-state index < -0.39 is 23.2 Å². The van der Waals surface area contributed by atoms with Crippen molar-refractivity contribution in [3.63, 3.8) is 0 Å². The van der Waals surface area contributed by atoms with E-state index in [2.05, 4.69) is 5.32 Å². The standard InChI is InChI=1S/C21H26FN5O4/c1-10-16-13(18(28)27(23)20(31)26(16)12-3-4-12)7-15(22)17(10)25-8-14(11(2)24-19(29)30)21(9-25)5-6-21/h7,11-12,14,24H,3-6,8-9,23H2,1-2H3,(H,29,30). The maximum atomic E-state index is 15.4. The molecular weight excluding hydrogens is 405 g/mol. The van der Waals surface area contributed by atoms with E-state index in [9.17, 15) is 14.4 Å². The van der Waals surface area contributed by atoms with Crippen LogP contribution in [0.3, 0.4) is 0 Å². The first-order valence-electron chi connectivity index (χ1n) is 10.6. The first-order chi connectivity index (χ1) is 14.6.